The number of rotatable bonds is 3. The summed E-state index contributed by atoms with van der Waals surface area (Å²) in [6.45, 7) is 4.22. The van der Waals surface area contributed by atoms with E-state index in [1.165, 1.54) is 5.56 Å². The number of piperazine rings is 1. The van der Waals surface area contributed by atoms with Crippen molar-refractivity contribution in [1.29, 1.82) is 0 Å². The largest absolute Gasteiger partial charge is 0.297 e. The van der Waals surface area contributed by atoms with Crippen LogP contribution < -0.4 is 0 Å². The first kappa shape index (κ1) is 13.3. The fraction of sp³-hybridized carbons (Fsp3) is 0.438. The molecule has 1 aromatic heterocycles. The maximum atomic E-state index is 4.48. The van der Waals surface area contributed by atoms with Crippen molar-refractivity contribution in [2.24, 2.45) is 7.05 Å². The summed E-state index contributed by atoms with van der Waals surface area (Å²) in [5.74, 6) is 0. The Morgan fingerprint density at radius 2 is 1.90 bits per heavy atom. The van der Waals surface area contributed by atoms with E-state index in [9.17, 15) is 0 Å². The molecule has 0 spiro atoms. The number of hydrogen-bond acceptors (Lipinski definition) is 3. The van der Waals surface area contributed by atoms with Crippen LogP contribution in [-0.2, 0) is 13.6 Å². The zero-order chi connectivity index (χ0) is 13.9. The van der Waals surface area contributed by atoms with Gasteiger partial charge in [-0.2, -0.15) is 5.10 Å². The second kappa shape index (κ2) is 5.77. The number of benzene rings is 1. The molecule has 1 aromatic carbocycles. The Morgan fingerprint density at radius 1 is 1.10 bits per heavy atom. The topological polar surface area (TPSA) is 24.3 Å². The van der Waals surface area contributed by atoms with Crippen LogP contribution in [0.25, 0.3) is 0 Å². The van der Waals surface area contributed by atoms with E-state index in [1.807, 2.05) is 17.9 Å². The van der Waals surface area contributed by atoms with Crippen molar-refractivity contribution in [3.63, 3.8) is 0 Å². The molecular weight excluding hydrogens is 248 g/mol. The molecule has 0 amide bonds. The molecule has 4 nitrogen and oxygen atoms in total. The van der Waals surface area contributed by atoms with Crippen molar-refractivity contribution in [2.45, 2.75) is 12.6 Å². The summed E-state index contributed by atoms with van der Waals surface area (Å²) in [4.78, 5) is 4.95. The third-order valence-corrected chi connectivity index (χ3v) is 4.07. The molecule has 0 saturated carbocycles. The van der Waals surface area contributed by atoms with E-state index < -0.39 is 0 Å². The molecule has 0 radical (unpaired) electrons. The lowest BCUT2D eigenvalue weighted by Gasteiger charge is -2.39. The smallest absolute Gasteiger partial charge is 0.0764 e. The minimum Gasteiger partial charge on any atom is -0.297 e. The fourth-order valence-electron chi connectivity index (χ4n) is 2.89. The van der Waals surface area contributed by atoms with Gasteiger partial charge in [-0.25, -0.2) is 0 Å². The lowest BCUT2D eigenvalue weighted by Crippen LogP contribution is -2.46. The van der Waals surface area contributed by atoms with Gasteiger partial charge < -0.3 is 0 Å². The Kier molecular flexibility index (Phi) is 3.85. The minimum atomic E-state index is 0.480. The van der Waals surface area contributed by atoms with Crippen molar-refractivity contribution < 1.29 is 0 Å². The maximum absolute atomic E-state index is 4.48. The Balaban J connectivity index is 1.70. The molecular formula is C16H22N4. The minimum absolute atomic E-state index is 0.480. The van der Waals surface area contributed by atoms with E-state index in [-0.39, 0.29) is 0 Å². The van der Waals surface area contributed by atoms with Crippen LogP contribution in [0.15, 0.2) is 42.6 Å². The second-order valence-corrected chi connectivity index (χ2v) is 5.62. The van der Waals surface area contributed by atoms with Crippen molar-refractivity contribution in [3.05, 3.63) is 53.9 Å². The molecule has 1 aliphatic heterocycles. The van der Waals surface area contributed by atoms with E-state index in [0.29, 0.717) is 6.04 Å². The molecule has 0 N–H and O–H groups in total. The van der Waals surface area contributed by atoms with Crippen LogP contribution in [0.5, 0.6) is 0 Å². The molecule has 1 atom stereocenters. The molecule has 0 aliphatic carbocycles. The molecule has 106 valence electrons. The van der Waals surface area contributed by atoms with Gasteiger partial charge in [0.2, 0.25) is 0 Å². The summed E-state index contributed by atoms with van der Waals surface area (Å²) < 4.78 is 1.88. The van der Waals surface area contributed by atoms with Gasteiger partial charge in [0.15, 0.2) is 0 Å². The molecule has 2 heterocycles. The summed E-state index contributed by atoms with van der Waals surface area (Å²) in [6, 6.07) is 13.4. The van der Waals surface area contributed by atoms with Gasteiger partial charge in [-0.3, -0.25) is 14.5 Å². The molecule has 2 aromatic rings. The summed E-state index contributed by atoms with van der Waals surface area (Å²) >= 11 is 0. The summed E-state index contributed by atoms with van der Waals surface area (Å²) in [5.41, 5.74) is 2.56. The molecule has 20 heavy (non-hydrogen) atoms. The van der Waals surface area contributed by atoms with Crippen LogP contribution in [-0.4, -0.2) is 46.3 Å². The average molecular weight is 270 g/mol. The predicted octanol–water partition coefficient (Wildman–Crippen LogP) is 1.91. The standard InChI is InChI=1S/C16H22N4/c1-18-10-11-20(12-15-8-9-19(2)17-15)13-16(18)14-6-4-3-5-7-14/h3-9,16H,10-13H2,1-2H3. The summed E-state index contributed by atoms with van der Waals surface area (Å²) in [5, 5.41) is 4.48. The summed E-state index contributed by atoms with van der Waals surface area (Å²) in [7, 11) is 4.19. The van der Waals surface area contributed by atoms with Crippen molar-refractivity contribution in [1.82, 2.24) is 19.6 Å². The van der Waals surface area contributed by atoms with Crippen LogP contribution in [0.4, 0.5) is 0 Å². The van der Waals surface area contributed by atoms with Gasteiger partial charge in [0.1, 0.15) is 0 Å². The average Bonchev–Trinajstić information content (AvgIpc) is 2.87. The Labute approximate surface area is 120 Å². The van der Waals surface area contributed by atoms with E-state index >= 15 is 0 Å². The van der Waals surface area contributed by atoms with Gasteiger partial charge in [0.05, 0.1) is 5.69 Å². The molecule has 1 saturated heterocycles. The Hall–Kier alpha value is -1.65. The normalized spacial score (nSPS) is 21.2. The molecule has 1 aliphatic rings. The monoisotopic (exact) mass is 270 g/mol. The second-order valence-electron chi connectivity index (χ2n) is 5.62. The van der Waals surface area contributed by atoms with E-state index in [4.69, 9.17) is 0 Å². The van der Waals surface area contributed by atoms with Crippen LogP contribution in [0.1, 0.15) is 17.3 Å². The number of hydrogen-bond donors (Lipinski definition) is 0. The Morgan fingerprint density at radius 3 is 2.60 bits per heavy atom. The molecule has 1 fully saturated rings. The van der Waals surface area contributed by atoms with Gasteiger partial charge in [-0.05, 0) is 18.7 Å². The number of aromatic nitrogens is 2. The number of aryl methyl sites for hydroxylation is 1. The van der Waals surface area contributed by atoms with Crippen LogP contribution >= 0.6 is 0 Å². The van der Waals surface area contributed by atoms with Gasteiger partial charge in [-0.1, -0.05) is 30.3 Å². The van der Waals surface area contributed by atoms with Crippen LogP contribution in [0.3, 0.4) is 0 Å². The zero-order valence-electron chi connectivity index (χ0n) is 12.2. The van der Waals surface area contributed by atoms with E-state index in [0.717, 1.165) is 31.9 Å². The van der Waals surface area contributed by atoms with E-state index in [1.54, 1.807) is 0 Å². The zero-order valence-corrected chi connectivity index (χ0v) is 12.2. The first-order chi connectivity index (χ1) is 9.72. The maximum Gasteiger partial charge on any atom is 0.0764 e. The number of nitrogens with zero attached hydrogens (tertiary/aromatic N) is 4. The van der Waals surface area contributed by atoms with E-state index in [2.05, 4.69) is 58.3 Å². The van der Waals surface area contributed by atoms with Gasteiger partial charge in [0, 0.05) is 45.5 Å². The predicted molar refractivity (Wildman–Crippen MR) is 80.3 cm³/mol. The van der Waals surface area contributed by atoms with Crippen LogP contribution in [0.2, 0.25) is 0 Å². The van der Waals surface area contributed by atoms with Crippen molar-refractivity contribution >= 4 is 0 Å². The van der Waals surface area contributed by atoms with Crippen molar-refractivity contribution in [2.75, 3.05) is 26.7 Å². The quantitative estimate of drug-likeness (QED) is 0.851. The first-order valence-corrected chi connectivity index (χ1v) is 7.18. The Bertz CT molecular complexity index is 549. The highest BCUT2D eigenvalue weighted by atomic mass is 15.3. The lowest BCUT2D eigenvalue weighted by molar-refractivity contribution is 0.0895. The molecule has 1 unspecified atom stereocenters. The van der Waals surface area contributed by atoms with Gasteiger partial charge >= 0.3 is 0 Å². The number of likely N-dealkylation sites (N-methyl/N-ethyl adjacent to an activating group) is 1. The first-order valence-electron chi connectivity index (χ1n) is 7.18. The molecule has 3 rings (SSSR count). The fourth-order valence-corrected chi connectivity index (χ4v) is 2.89. The summed E-state index contributed by atoms with van der Waals surface area (Å²) in [6.07, 6.45) is 2.01. The SMILES string of the molecule is CN1CCN(Cc2ccn(C)n2)CC1c1ccccc1. The highest BCUT2D eigenvalue weighted by Gasteiger charge is 2.25. The van der Waals surface area contributed by atoms with Gasteiger partial charge in [0.25, 0.3) is 0 Å². The molecule has 0 bridgehead atoms. The van der Waals surface area contributed by atoms with Crippen LogP contribution in [0, 0.1) is 0 Å². The highest BCUT2D eigenvalue weighted by Crippen LogP contribution is 2.24. The van der Waals surface area contributed by atoms with Gasteiger partial charge in [-0.15, -0.1) is 0 Å². The van der Waals surface area contributed by atoms with Crippen molar-refractivity contribution in [3.8, 4) is 0 Å². The third kappa shape index (κ3) is 2.92. The molecule has 4 heteroatoms. The lowest BCUT2D eigenvalue weighted by atomic mass is 10.0. The third-order valence-electron chi connectivity index (χ3n) is 4.07. The highest BCUT2D eigenvalue weighted by molar-refractivity contribution is 5.20.